The molecule has 0 aliphatic carbocycles. The molecule has 0 fully saturated rings. The van der Waals surface area contributed by atoms with Gasteiger partial charge in [0.05, 0.1) is 11.5 Å². The van der Waals surface area contributed by atoms with Crippen LogP contribution in [0.2, 0.25) is 5.02 Å². The zero-order valence-corrected chi connectivity index (χ0v) is 16.6. The van der Waals surface area contributed by atoms with E-state index in [1.165, 1.54) is 0 Å². The predicted molar refractivity (Wildman–Crippen MR) is 99.0 cm³/mol. The number of hydrogen-bond acceptors (Lipinski definition) is 5. The lowest BCUT2D eigenvalue weighted by atomic mass is 10.1. The molecule has 11 heteroatoms. The molecule has 1 N–H and O–H groups in total. The third-order valence-corrected chi connectivity index (χ3v) is 5.29. The largest absolute Gasteiger partial charge is 0.573 e. The molecule has 0 radical (unpaired) electrons. The molecule has 29 heavy (non-hydrogen) atoms. The molecule has 1 atom stereocenters. The lowest BCUT2D eigenvalue weighted by Gasteiger charge is -2.18. The molecule has 6 nitrogen and oxygen atoms in total. The number of sulfonamides is 1. The van der Waals surface area contributed by atoms with Crippen LogP contribution in [0.25, 0.3) is 0 Å². The number of rotatable bonds is 8. The van der Waals surface area contributed by atoms with Crippen molar-refractivity contribution in [2.24, 2.45) is 0 Å². The van der Waals surface area contributed by atoms with Crippen LogP contribution in [-0.4, -0.2) is 33.4 Å². The van der Waals surface area contributed by atoms with Gasteiger partial charge in [-0.1, -0.05) is 23.7 Å². The van der Waals surface area contributed by atoms with Gasteiger partial charge >= 0.3 is 12.3 Å². The van der Waals surface area contributed by atoms with Crippen LogP contribution in [0, 0.1) is 0 Å². The molecule has 158 valence electrons. The van der Waals surface area contributed by atoms with E-state index in [2.05, 4.69) is 9.46 Å². The summed E-state index contributed by atoms with van der Waals surface area (Å²) in [6.45, 7) is 1.61. The first-order chi connectivity index (χ1) is 13.5. The molecule has 0 saturated heterocycles. The van der Waals surface area contributed by atoms with Gasteiger partial charge in [-0.25, -0.2) is 8.42 Å². The van der Waals surface area contributed by atoms with Gasteiger partial charge in [0.25, 0.3) is 0 Å². The van der Waals surface area contributed by atoms with Gasteiger partial charge in [-0.15, -0.1) is 13.2 Å². The summed E-state index contributed by atoms with van der Waals surface area (Å²) in [5.74, 6) is -1.37. The predicted octanol–water partition coefficient (Wildman–Crippen LogP) is 3.69. The summed E-state index contributed by atoms with van der Waals surface area (Å²) in [6.07, 6.45) is -4.93. The fraction of sp³-hybridized carbons (Fsp3) is 0.278. The molecule has 0 bridgehead atoms. The van der Waals surface area contributed by atoms with Crippen molar-refractivity contribution in [3.63, 3.8) is 0 Å². The Bertz CT molecular complexity index is 949. The second-order valence-electron chi connectivity index (χ2n) is 5.78. The van der Waals surface area contributed by atoms with Crippen LogP contribution in [-0.2, 0) is 26.0 Å². The minimum absolute atomic E-state index is 0.0338. The summed E-state index contributed by atoms with van der Waals surface area (Å²) in [5, 5.41) is 0.410. The van der Waals surface area contributed by atoms with E-state index in [9.17, 15) is 26.4 Å². The highest BCUT2D eigenvalue weighted by molar-refractivity contribution is 7.89. The van der Waals surface area contributed by atoms with Gasteiger partial charge in [-0.2, -0.15) is 4.72 Å². The van der Waals surface area contributed by atoms with Crippen LogP contribution in [0.5, 0.6) is 5.75 Å². The first-order valence-electron chi connectivity index (χ1n) is 8.29. The topological polar surface area (TPSA) is 81.7 Å². The summed E-state index contributed by atoms with van der Waals surface area (Å²) in [4.78, 5) is 11.9. The van der Waals surface area contributed by atoms with Gasteiger partial charge < -0.3 is 9.47 Å². The van der Waals surface area contributed by atoms with Gasteiger partial charge in [-0.05, 0) is 55.3 Å². The molecule has 2 aromatic carbocycles. The molecule has 0 aromatic heterocycles. The van der Waals surface area contributed by atoms with Crippen LogP contribution in [0.1, 0.15) is 12.5 Å². The van der Waals surface area contributed by atoms with Gasteiger partial charge in [-0.3, -0.25) is 4.79 Å². The molecule has 0 heterocycles. The van der Waals surface area contributed by atoms with E-state index >= 15 is 0 Å². The molecular weight excluding hydrogens is 435 g/mol. The van der Waals surface area contributed by atoms with Crippen LogP contribution in [0.3, 0.4) is 0 Å². The number of alkyl halides is 3. The Kier molecular flexibility index (Phi) is 7.50. The van der Waals surface area contributed by atoms with Crippen LogP contribution >= 0.6 is 11.6 Å². The highest BCUT2D eigenvalue weighted by Crippen LogP contribution is 2.24. The quantitative estimate of drug-likeness (QED) is 0.619. The monoisotopic (exact) mass is 451 g/mol. The Labute approximate surface area is 170 Å². The first kappa shape index (κ1) is 23.0. The number of nitrogens with one attached hydrogen (secondary N) is 1. The SMILES string of the molecule is CCOC(=O)[C@@H](Cc1cccc(Cl)c1)NS(=O)(=O)c1ccc(OC(F)(F)F)cc1. The van der Waals surface area contributed by atoms with Gasteiger partial charge in [0, 0.05) is 5.02 Å². The smallest absolute Gasteiger partial charge is 0.465 e. The zero-order chi connectivity index (χ0) is 21.7. The Morgan fingerprint density at radius 2 is 1.83 bits per heavy atom. The number of hydrogen-bond donors (Lipinski definition) is 1. The lowest BCUT2D eigenvalue weighted by Crippen LogP contribution is -2.43. The molecule has 0 aliphatic heterocycles. The van der Waals surface area contributed by atoms with E-state index in [1.54, 1.807) is 31.2 Å². The fourth-order valence-corrected chi connectivity index (χ4v) is 3.79. The van der Waals surface area contributed by atoms with Crippen molar-refractivity contribution in [2.45, 2.75) is 30.6 Å². The highest BCUT2D eigenvalue weighted by atomic mass is 35.5. The van der Waals surface area contributed by atoms with Crippen molar-refractivity contribution in [3.8, 4) is 5.75 Å². The maximum absolute atomic E-state index is 12.6. The second kappa shape index (κ2) is 9.47. The van der Waals surface area contributed by atoms with Crippen molar-refractivity contribution in [1.29, 1.82) is 0 Å². The molecule has 0 saturated carbocycles. The minimum Gasteiger partial charge on any atom is -0.465 e. The third kappa shape index (κ3) is 7.22. The number of halogens is 4. The minimum atomic E-state index is -4.90. The van der Waals surface area contributed by atoms with Crippen molar-refractivity contribution in [1.82, 2.24) is 4.72 Å². The van der Waals surface area contributed by atoms with Gasteiger partial charge in [0.2, 0.25) is 10.0 Å². The maximum atomic E-state index is 12.6. The number of ether oxygens (including phenoxy) is 2. The standard InChI is InChI=1S/C18H17ClF3NO5S/c1-2-27-17(24)16(11-12-4-3-5-13(19)10-12)23-29(25,26)15-8-6-14(7-9-15)28-18(20,21)22/h3-10,16,23H,2,11H2,1H3/t16-/m1/s1. The summed E-state index contributed by atoms with van der Waals surface area (Å²) in [5.41, 5.74) is 0.590. The summed E-state index contributed by atoms with van der Waals surface area (Å²) < 4.78 is 72.7. The van der Waals surface area contributed by atoms with Crippen molar-refractivity contribution < 1.29 is 35.9 Å². The molecule has 0 amide bonds. The summed E-state index contributed by atoms with van der Waals surface area (Å²) in [6, 6.07) is 8.84. The zero-order valence-electron chi connectivity index (χ0n) is 15.1. The maximum Gasteiger partial charge on any atom is 0.573 e. The lowest BCUT2D eigenvalue weighted by molar-refractivity contribution is -0.274. The Morgan fingerprint density at radius 1 is 1.17 bits per heavy atom. The summed E-state index contributed by atoms with van der Waals surface area (Å²) in [7, 11) is -4.23. The third-order valence-electron chi connectivity index (χ3n) is 3.56. The average molecular weight is 452 g/mol. The Hall–Kier alpha value is -2.30. The van der Waals surface area contributed by atoms with E-state index in [0.29, 0.717) is 10.6 Å². The van der Waals surface area contributed by atoms with Crippen LogP contribution < -0.4 is 9.46 Å². The van der Waals surface area contributed by atoms with Crippen molar-refractivity contribution in [2.75, 3.05) is 6.61 Å². The van der Waals surface area contributed by atoms with Crippen LogP contribution in [0.15, 0.2) is 53.4 Å². The van der Waals surface area contributed by atoms with E-state index < -0.39 is 34.1 Å². The van der Waals surface area contributed by atoms with Crippen molar-refractivity contribution >= 4 is 27.6 Å². The van der Waals surface area contributed by atoms with Crippen molar-refractivity contribution in [3.05, 3.63) is 59.1 Å². The number of esters is 1. The van der Waals surface area contributed by atoms with Crippen LogP contribution in [0.4, 0.5) is 13.2 Å². The average Bonchev–Trinajstić information content (AvgIpc) is 2.60. The molecule has 0 aliphatic rings. The molecule has 2 aromatic rings. The highest BCUT2D eigenvalue weighted by Gasteiger charge is 2.31. The molecule has 0 spiro atoms. The van der Waals surface area contributed by atoms with Gasteiger partial charge in [0.15, 0.2) is 0 Å². The molecule has 2 rings (SSSR count). The normalized spacial score (nSPS) is 13.0. The number of carbonyl (C=O) groups is 1. The Morgan fingerprint density at radius 3 is 2.38 bits per heavy atom. The second-order valence-corrected chi connectivity index (χ2v) is 7.93. The first-order valence-corrected chi connectivity index (χ1v) is 10.2. The Balaban J connectivity index is 2.22. The van der Waals surface area contributed by atoms with E-state index in [-0.39, 0.29) is 17.9 Å². The van der Waals surface area contributed by atoms with Gasteiger partial charge in [0.1, 0.15) is 11.8 Å². The fourth-order valence-electron chi connectivity index (χ4n) is 2.39. The summed E-state index contributed by atoms with van der Waals surface area (Å²) >= 11 is 5.91. The molecule has 0 unspecified atom stereocenters. The van der Waals surface area contributed by atoms with E-state index in [1.807, 2.05) is 0 Å². The number of benzene rings is 2. The molecular formula is C18H17ClF3NO5S. The van der Waals surface area contributed by atoms with E-state index in [0.717, 1.165) is 24.3 Å². The van der Waals surface area contributed by atoms with E-state index in [4.69, 9.17) is 16.3 Å². The number of carbonyl (C=O) groups excluding carboxylic acids is 1.